The fourth-order valence-electron chi connectivity index (χ4n) is 6.01. The lowest BCUT2D eigenvalue weighted by Crippen LogP contribution is -2.55. The summed E-state index contributed by atoms with van der Waals surface area (Å²) in [6, 6.07) is 5.28. The minimum Gasteiger partial charge on any atom is -0.444 e. The number of ether oxygens (including phenoxy) is 2. The number of carbonyl (C=O) groups is 2. The number of aromatic nitrogens is 2. The van der Waals surface area contributed by atoms with E-state index in [1.165, 1.54) is 11.0 Å². The van der Waals surface area contributed by atoms with Gasteiger partial charge in [0, 0.05) is 30.8 Å². The molecule has 1 aliphatic carbocycles. The molecule has 0 unspecified atom stereocenters. The minimum atomic E-state index is -0.938. The van der Waals surface area contributed by atoms with E-state index in [0.29, 0.717) is 17.7 Å². The Morgan fingerprint density at radius 3 is 2.79 bits per heavy atom. The van der Waals surface area contributed by atoms with E-state index in [-0.39, 0.29) is 24.5 Å². The topological polar surface area (TPSA) is 109 Å². The van der Waals surface area contributed by atoms with Crippen molar-refractivity contribution in [1.29, 1.82) is 5.26 Å². The number of nitrogens with zero attached hydrogens (tertiary/aromatic N) is 4. The maximum atomic E-state index is 15.1. The summed E-state index contributed by atoms with van der Waals surface area (Å²) in [6.07, 6.45) is 7.73. The van der Waals surface area contributed by atoms with Crippen LogP contribution in [-0.4, -0.2) is 63.1 Å². The van der Waals surface area contributed by atoms with Crippen LogP contribution in [0.1, 0.15) is 58.4 Å². The predicted molar refractivity (Wildman–Crippen MR) is 141 cm³/mol. The van der Waals surface area contributed by atoms with Gasteiger partial charge in [-0.1, -0.05) is 12.1 Å². The smallest absolute Gasteiger partial charge is 0.411 e. The number of carbonyl (C=O) groups excluding carboxylic acids is 2. The third kappa shape index (κ3) is 6.09. The summed E-state index contributed by atoms with van der Waals surface area (Å²) in [5.41, 5.74) is 1.13. The van der Waals surface area contributed by atoms with Gasteiger partial charge in [0.25, 0.3) is 0 Å². The van der Waals surface area contributed by atoms with Crippen LogP contribution in [0.3, 0.4) is 0 Å². The number of likely N-dealkylation sites (tertiary alicyclic amines) is 1. The van der Waals surface area contributed by atoms with Crippen molar-refractivity contribution in [3.63, 3.8) is 0 Å². The zero-order chi connectivity index (χ0) is 27.7. The van der Waals surface area contributed by atoms with Crippen LogP contribution in [0.25, 0.3) is 11.1 Å². The van der Waals surface area contributed by atoms with Crippen molar-refractivity contribution >= 4 is 12.0 Å². The number of amides is 2. The molecule has 2 aliphatic heterocycles. The van der Waals surface area contributed by atoms with E-state index in [0.717, 1.165) is 44.3 Å². The van der Waals surface area contributed by atoms with Crippen LogP contribution in [0.2, 0.25) is 0 Å². The maximum Gasteiger partial charge on any atom is 0.411 e. The van der Waals surface area contributed by atoms with E-state index in [2.05, 4.69) is 16.5 Å². The normalized spacial score (nSPS) is 24.9. The largest absolute Gasteiger partial charge is 0.444 e. The van der Waals surface area contributed by atoms with Crippen molar-refractivity contribution in [2.45, 2.75) is 95.7 Å². The van der Waals surface area contributed by atoms with Crippen molar-refractivity contribution in [2.24, 2.45) is 5.92 Å². The highest BCUT2D eigenvalue weighted by atomic mass is 19.1. The number of hydrogen-bond acceptors (Lipinski definition) is 6. The lowest BCUT2D eigenvalue weighted by molar-refractivity contribution is -0.128. The van der Waals surface area contributed by atoms with Crippen molar-refractivity contribution in [2.75, 3.05) is 6.61 Å². The summed E-state index contributed by atoms with van der Waals surface area (Å²) in [5.74, 6) is -0.821. The van der Waals surface area contributed by atoms with Crippen LogP contribution < -0.4 is 5.32 Å². The number of nitriles is 1. The molecule has 1 aromatic heterocycles. The Labute approximate surface area is 228 Å². The highest BCUT2D eigenvalue weighted by molar-refractivity contribution is 5.87. The second-order valence-corrected chi connectivity index (χ2v) is 11.8. The van der Waals surface area contributed by atoms with Crippen LogP contribution in [0, 0.1) is 23.1 Å². The molecule has 0 spiro atoms. The van der Waals surface area contributed by atoms with E-state index in [9.17, 15) is 14.9 Å². The predicted octanol–water partition coefficient (Wildman–Crippen LogP) is 4.21. The van der Waals surface area contributed by atoms with Gasteiger partial charge in [-0.25, -0.2) is 9.18 Å². The van der Waals surface area contributed by atoms with Crippen LogP contribution in [0.15, 0.2) is 30.6 Å². The third-order valence-corrected chi connectivity index (χ3v) is 7.79. The van der Waals surface area contributed by atoms with Crippen molar-refractivity contribution in [1.82, 2.24) is 20.0 Å². The first-order valence-corrected chi connectivity index (χ1v) is 13.8. The van der Waals surface area contributed by atoms with Crippen molar-refractivity contribution in [3.05, 3.63) is 42.0 Å². The molecule has 5 atom stereocenters. The summed E-state index contributed by atoms with van der Waals surface area (Å²) in [6.45, 7) is 6.81. The summed E-state index contributed by atoms with van der Waals surface area (Å²) in [4.78, 5) is 27.7. The highest BCUT2D eigenvalue weighted by Gasteiger charge is 2.52. The Hall–Kier alpha value is -3.45. The fraction of sp³-hybridized carbons (Fsp3) is 0.586. The molecule has 10 heteroatoms. The number of fused-ring (bicyclic) bond motifs is 2. The molecule has 9 nitrogen and oxygen atoms in total. The zero-order valence-electron chi connectivity index (χ0n) is 22.7. The molecule has 3 aliphatic rings. The minimum absolute atomic E-state index is 0.0138. The van der Waals surface area contributed by atoms with Gasteiger partial charge < -0.3 is 14.8 Å². The summed E-state index contributed by atoms with van der Waals surface area (Å²) in [5, 5.41) is 16.9. The van der Waals surface area contributed by atoms with Gasteiger partial charge in [-0.15, -0.1) is 0 Å². The Morgan fingerprint density at radius 2 is 2.10 bits per heavy atom. The maximum absolute atomic E-state index is 15.1. The Kier molecular flexibility index (Phi) is 7.63. The van der Waals surface area contributed by atoms with E-state index < -0.39 is 35.5 Å². The average molecular weight is 538 g/mol. The van der Waals surface area contributed by atoms with Gasteiger partial charge in [-0.05, 0) is 76.0 Å². The molecular formula is C29H36FN5O4. The molecule has 208 valence electrons. The molecule has 39 heavy (non-hydrogen) atoms. The molecule has 1 saturated carbocycles. The first kappa shape index (κ1) is 27.1. The molecule has 0 radical (unpaired) electrons. The number of hydrogen-bond donors (Lipinski definition) is 1. The van der Waals surface area contributed by atoms with Crippen LogP contribution in [0.4, 0.5) is 9.18 Å². The van der Waals surface area contributed by atoms with E-state index in [4.69, 9.17) is 9.47 Å². The number of piperidine rings is 1. The first-order valence-electron chi connectivity index (χ1n) is 13.8. The molecule has 3 heterocycles. The molecular weight excluding hydrogens is 501 g/mol. The summed E-state index contributed by atoms with van der Waals surface area (Å²) < 4.78 is 28.2. The van der Waals surface area contributed by atoms with Crippen LogP contribution >= 0.6 is 0 Å². The molecule has 1 aromatic carbocycles. The van der Waals surface area contributed by atoms with Crippen molar-refractivity contribution in [3.8, 4) is 17.2 Å². The van der Waals surface area contributed by atoms with Gasteiger partial charge in [0.1, 0.15) is 23.5 Å². The Morgan fingerprint density at radius 1 is 1.28 bits per heavy atom. The lowest BCUT2D eigenvalue weighted by Gasteiger charge is -2.35. The molecule has 2 bridgehead atoms. The van der Waals surface area contributed by atoms with E-state index in [1.807, 2.05) is 10.9 Å². The molecule has 2 saturated heterocycles. The number of benzene rings is 1. The van der Waals surface area contributed by atoms with Crippen LogP contribution in [-0.2, 0) is 27.2 Å². The fourth-order valence-corrected chi connectivity index (χ4v) is 6.01. The lowest BCUT2D eigenvalue weighted by atomic mass is 9.97. The molecule has 3 fully saturated rings. The standard InChI is InChI=1S/C29H36FN5O4/c1-29(2,3)39-28(37)35-23-9-8-20(12-23)26(35)27(36)33-22(14-31)11-19-7-6-18(13-25(19)30)21-15-32-34(16-21)17-24-5-4-10-38-24/h6-7,13,15-16,20,22-24,26H,4-5,8-12,17H2,1-3H3,(H,33,36)/t20-,22-,23+,24+,26-/m0/s1. The van der Waals surface area contributed by atoms with Crippen LogP contribution in [0.5, 0.6) is 0 Å². The Balaban J connectivity index is 1.23. The highest BCUT2D eigenvalue weighted by Crippen LogP contribution is 2.43. The number of halogens is 1. The number of rotatable bonds is 7. The molecule has 1 N–H and O–H groups in total. The van der Waals surface area contributed by atoms with Crippen molar-refractivity contribution < 1.29 is 23.5 Å². The van der Waals surface area contributed by atoms with Gasteiger partial charge in [-0.3, -0.25) is 14.4 Å². The second-order valence-electron chi connectivity index (χ2n) is 11.8. The zero-order valence-corrected chi connectivity index (χ0v) is 22.7. The first-order chi connectivity index (χ1) is 18.6. The number of nitrogens with one attached hydrogen (secondary N) is 1. The van der Waals surface area contributed by atoms with E-state index in [1.54, 1.807) is 39.1 Å². The Bertz CT molecular complexity index is 1260. The second kappa shape index (κ2) is 11.0. The van der Waals surface area contributed by atoms with Gasteiger partial charge in [-0.2, -0.15) is 10.4 Å². The third-order valence-electron chi connectivity index (χ3n) is 7.79. The molecule has 2 aromatic rings. The SMILES string of the molecule is CC(C)(C)OC(=O)N1[C@@H]2CC[C@@H](C2)[C@H]1C(=O)N[C@H](C#N)Cc1ccc(-c2cnn(C[C@H]3CCCO3)c2)cc1F. The molecule has 5 rings (SSSR count). The summed E-state index contributed by atoms with van der Waals surface area (Å²) >= 11 is 0. The van der Waals surface area contributed by atoms with E-state index >= 15 is 4.39 Å². The summed E-state index contributed by atoms with van der Waals surface area (Å²) in [7, 11) is 0. The molecule has 2 amide bonds. The monoisotopic (exact) mass is 537 g/mol. The quantitative estimate of drug-likeness (QED) is 0.567. The average Bonchev–Trinajstić information content (AvgIpc) is 3.68. The van der Waals surface area contributed by atoms with Gasteiger partial charge in [0.05, 0.1) is 24.9 Å². The van der Waals surface area contributed by atoms with Gasteiger partial charge >= 0.3 is 6.09 Å². The van der Waals surface area contributed by atoms with Gasteiger partial charge in [0.2, 0.25) is 5.91 Å². The van der Waals surface area contributed by atoms with Gasteiger partial charge in [0.15, 0.2) is 0 Å².